The quantitative estimate of drug-likeness (QED) is 0.820. The summed E-state index contributed by atoms with van der Waals surface area (Å²) < 4.78 is 25.9. The minimum absolute atomic E-state index is 0.349. The number of rotatable bonds is 2. The molecule has 0 aliphatic heterocycles. The molecule has 2 aromatic carbocycles. The molecule has 0 unspecified atom stereocenters. The maximum Gasteiger partial charge on any atom is 0.128 e. The molecule has 0 radical (unpaired) electrons. The van der Waals surface area contributed by atoms with Gasteiger partial charge in [0.05, 0.1) is 0 Å². The minimum atomic E-state index is -0.620. The number of aryl methyl sites for hydroxylation is 1. The van der Waals surface area contributed by atoms with E-state index in [1.165, 1.54) is 12.1 Å². The molecule has 2 aromatic rings. The first-order chi connectivity index (χ1) is 8.04. The number of benzene rings is 2. The average molecular weight is 254 g/mol. The van der Waals surface area contributed by atoms with E-state index in [0.29, 0.717) is 16.4 Å². The second-order valence-corrected chi connectivity index (χ2v) is 4.15. The third-order valence-corrected chi connectivity index (χ3v) is 2.73. The van der Waals surface area contributed by atoms with Gasteiger partial charge in [-0.1, -0.05) is 17.7 Å². The first-order valence-electron chi connectivity index (χ1n) is 5.04. The van der Waals surface area contributed by atoms with E-state index in [1.807, 2.05) is 13.0 Å². The normalized spacial score (nSPS) is 10.4. The highest BCUT2D eigenvalue weighted by Crippen LogP contribution is 2.24. The summed E-state index contributed by atoms with van der Waals surface area (Å²) in [7, 11) is 0. The average Bonchev–Trinajstić information content (AvgIpc) is 2.22. The van der Waals surface area contributed by atoms with Gasteiger partial charge in [0.1, 0.15) is 11.6 Å². The number of hydrogen-bond donors (Lipinski definition) is 1. The molecule has 88 valence electrons. The van der Waals surface area contributed by atoms with Gasteiger partial charge in [-0.25, -0.2) is 8.78 Å². The molecule has 0 heterocycles. The molecule has 0 amide bonds. The summed E-state index contributed by atoms with van der Waals surface area (Å²) >= 11 is 5.95. The molecule has 1 N–H and O–H groups in total. The lowest BCUT2D eigenvalue weighted by Crippen LogP contribution is -1.92. The van der Waals surface area contributed by atoms with Crippen molar-refractivity contribution in [2.45, 2.75) is 6.92 Å². The molecule has 4 heteroatoms. The van der Waals surface area contributed by atoms with Gasteiger partial charge in [0.25, 0.3) is 0 Å². The smallest absolute Gasteiger partial charge is 0.128 e. The summed E-state index contributed by atoms with van der Waals surface area (Å²) in [5, 5.41) is 3.49. The number of halogens is 3. The Balaban J connectivity index is 2.28. The summed E-state index contributed by atoms with van der Waals surface area (Å²) in [5.74, 6) is -1.24. The minimum Gasteiger partial charge on any atom is -0.355 e. The molecule has 0 aliphatic rings. The van der Waals surface area contributed by atoms with Gasteiger partial charge in [0.15, 0.2) is 0 Å². The van der Waals surface area contributed by atoms with Crippen LogP contribution in [0.1, 0.15) is 5.56 Å². The van der Waals surface area contributed by atoms with Crippen LogP contribution < -0.4 is 5.32 Å². The summed E-state index contributed by atoms with van der Waals surface area (Å²) in [6.07, 6.45) is 0. The Morgan fingerprint density at radius 1 is 0.941 bits per heavy atom. The van der Waals surface area contributed by atoms with Crippen molar-refractivity contribution in [3.8, 4) is 0 Å². The van der Waals surface area contributed by atoms with Gasteiger partial charge in [0, 0.05) is 22.5 Å². The Labute approximate surface area is 103 Å². The van der Waals surface area contributed by atoms with Crippen LogP contribution in [0.15, 0.2) is 36.4 Å². The summed E-state index contributed by atoms with van der Waals surface area (Å²) in [5.41, 5.74) is 1.98. The molecule has 1 nitrogen and oxygen atoms in total. The molecular formula is C13H10ClF2N. The molecule has 0 saturated heterocycles. The predicted molar refractivity (Wildman–Crippen MR) is 65.8 cm³/mol. The fourth-order valence-electron chi connectivity index (χ4n) is 1.46. The van der Waals surface area contributed by atoms with Crippen molar-refractivity contribution < 1.29 is 8.78 Å². The molecule has 0 aliphatic carbocycles. The zero-order chi connectivity index (χ0) is 12.4. The third-order valence-electron chi connectivity index (χ3n) is 2.32. The first kappa shape index (κ1) is 11.9. The number of hydrogen-bond acceptors (Lipinski definition) is 1. The maximum absolute atomic E-state index is 13.0. The first-order valence-corrected chi connectivity index (χ1v) is 5.41. The topological polar surface area (TPSA) is 12.0 Å². The fourth-order valence-corrected chi connectivity index (χ4v) is 1.64. The van der Waals surface area contributed by atoms with Crippen LogP contribution in [-0.4, -0.2) is 0 Å². The van der Waals surface area contributed by atoms with Gasteiger partial charge in [0.2, 0.25) is 0 Å². The molecule has 0 fully saturated rings. The van der Waals surface area contributed by atoms with Gasteiger partial charge in [-0.05, 0) is 36.8 Å². The van der Waals surface area contributed by atoms with Crippen molar-refractivity contribution in [2.24, 2.45) is 0 Å². The lowest BCUT2D eigenvalue weighted by molar-refractivity contribution is 0.584. The molecule has 0 atom stereocenters. The second-order valence-electron chi connectivity index (χ2n) is 3.75. The Kier molecular flexibility index (Phi) is 3.29. The summed E-state index contributed by atoms with van der Waals surface area (Å²) in [6.45, 7) is 1.88. The highest BCUT2D eigenvalue weighted by atomic mass is 35.5. The van der Waals surface area contributed by atoms with Crippen LogP contribution in [0.25, 0.3) is 0 Å². The number of anilines is 2. The SMILES string of the molecule is Cc1ccc(Nc2cc(F)cc(F)c2)cc1Cl. The van der Waals surface area contributed by atoms with E-state index in [0.717, 1.165) is 11.6 Å². The standard InChI is InChI=1S/C13H10ClF2N/c1-8-2-3-11(7-13(8)14)17-12-5-9(15)4-10(16)6-12/h2-7,17H,1H3. The zero-order valence-corrected chi connectivity index (χ0v) is 9.85. The summed E-state index contributed by atoms with van der Waals surface area (Å²) in [6, 6.07) is 8.60. The molecule has 2 rings (SSSR count). The van der Waals surface area contributed by atoms with Crippen LogP contribution in [0.5, 0.6) is 0 Å². The fraction of sp³-hybridized carbons (Fsp3) is 0.0769. The molecule has 0 aromatic heterocycles. The van der Waals surface area contributed by atoms with Crippen LogP contribution >= 0.6 is 11.6 Å². The van der Waals surface area contributed by atoms with Crippen molar-refractivity contribution in [1.82, 2.24) is 0 Å². The number of nitrogens with one attached hydrogen (secondary N) is 1. The van der Waals surface area contributed by atoms with Crippen molar-refractivity contribution >= 4 is 23.0 Å². The van der Waals surface area contributed by atoms with Gasteiger partial charge >= 0.3 is 0 Å². The Morgan fingerprint density at radius 2 is 1.59 bits per heavy atom. The largest absolute Gasteiger partial charge is 0.355 e. The molecule has 0 saturated carbocycles. The molecule has 0 spiro atoms. The van der Waals surface area contributed by atoms with Gasteiger partial charge in [-0.2, -0.15) is 0 Å². The van der Waals surface area contributed by atoms with Crippen LogP contribution in [-0.2, 0) is 0 Å². The second kappa shape index (κ2) is 4.72. The van der Waals surface area contributed by atoms with Gasteiger partial charge < -0.3 is 5.32 Å². The van der Waals surface area contributed by atoms with E-state index in [4.69, 9.17) is 11.6 Å². The van der Waals surface area contributed by atoms with Crippen LogP contribution in [0.4, 0.5) is 20.2 Å². The Hall–Kier alpha value is -1.61. The van der Waals surface area contributed by atoms with Crippen LogP contribution in [0.3, 0.4) is 0 Å². The monoisotopic (exact) mass is 253 g/mol. The third kappa shape index (κ3) is 2.94. The molecule has 0 bridgehead atoms. The van der Waals surface area contributed by atoms with Gasteiger partial charge in [-0.15, -0.1) is 0 Å². The Morgan fingerprint density at radius 3 is 2.18 bits per heavy atom. The van der Waals surface area contributed by atoms with Crippen LogP contribution in [0.2, 0.25) is 5.02 Å². The van der Waals surface area contributed by atoms with Crippen molar-refractivity contribution in [3.05, 3.63) is 58.6 Å². The zero-order valence-electron chi connectivity index (χ0n) is 9.10. The van der Waals surface area contributed by atoms with Crippen LogP contribution in [0, 0.1) is 18.6 Å². The summed E-state index contributed by atoms with van der Waals surface area (Å²) in [4.78, 5) is 0. The van der Waals surface area contributed by atoms with Crippen molar-refractivity contribution in [1.29, 1.82) is 0 Å². The molecular weight excluding hydrogens is 244 g/mol. The lowest BCUT2D eigenvalue weighted by atomic mass is 10.2. The van der Waals surface area contributed by atoms with E-state index in [-0.39, 0.29) is 0 Å². The van der Waals surface area contributed by atoms with E-state index < -0.39 is 11.6 Å². The van der Waals surface area contributed by atoms with Gasteiger partial charge in [-0.3, -0.25) is 0 Å². The highest BCUT2D eigenvalue weighted by Gasteiger charge is 2.02. The van der Waals surface area contributed by atoms with Crippen molar-refractivity contribution in [2.75, 3.05) is 5.32 Å². The predicted octanol–water partition coefficient (Wildman–Crippen LogP) is 4.67. The van der Waals surface area contributed by atoms with E-state index in [9.17, 15) is 8.78 Å². The lowest BCUT2D eigenvalue weighted by Gasteiger charge is -2.08. The maximum atomic E-state index is 13.0. The van der Waals surface area contributed by atoms with E-state index >= 15 is 0 Å². The highest BCUT2D eigenvalue weighted by molar-refractivity contribution is 6.31. The van der Waals surface area contributed by atoms with E-state index in [1.54, 1.807) is 12.1 Å². The van der Waals surface area contributed by atoms with E-state index in [2.05, 4.69) is 5.32 Å². The molecule has 17 heavy (non-hydrogen) atoms. The van der Waals surface area contributed by atoms with Crippen molar-refractivity contribution in [3.63, 3.8) is 0 Å². The Bertz CT molecular complexity index is 535.